The number of rotatable bonds is 4. The van der Waals surface area contributed by atoms with Crippen LogP contribution in [0.25, 0.3) is 0 Å². The molecular weight excluding hydrogens is 132 g/mol. The SMILES string of the molecule is CCOC(=O)[C@H](CN)NC. The molecule has 3 N–H and O–H groups in total. The van der Waals surface area contributed by atoms with Crippen molar-refractivity contribution in [3.63, 3.8) is 0 Å². The highest BCUT2D eigenvalue weighted by Gasteiger charge is 2.14. The number of hydrogen-bond acceptors (Lipinski definition) is 4. The van der Waals surface area contributed by atoms with E-state index in [2.05, 4.69) is 5.32 Å². The normalized spacial score (nSPS) is 12.7. The van der Waals surface area contributed by atoms with Crippen molar-refractivity contribution in [2.24, 2.45) is 5.73 Å². The standard InChI is InChI=1S/C6H14N2O2/c1-3-10-6(9)5(4-7)8-2/h5,8H,3-4,7H2,1-2H3/t5-/m0/s1. The second kappa shape index (κ2) is 5.20. The molecule has 0 heterocycles. The Labute approximate surface area is 60.7 Å². The van der Waals surface area contributed by atoms with E-state index in [4.69, 9.17) is 10.5 Å². The van der Waals surface area contributed by atoms with Gasteiger partial charge in [0.05, 0.1) is 6.61 Å². The highest BCUT2D eigenvalue weighted by Crippen LogP contribution is 1.84. The molecule has 60 valence electrons. The van der Waals surface area contributed by atoms with Gasteiger partial charge in [0.1, 0.15) is 6.04 Å². The number of likely N-dealkylation sites (N-methyl/N-ethyl adjacent to an activating group) is 1. The molecule has 0 unspecified atom stereocenters. The van der Waals surface area contributed by atoms with Crippen LogP contribution in [0.3, 0.4) is 0 Å². The lowest BCUT2D eigenvalue weighted by atomic mass is 10.3. The van der Waals surface area contributed by atoms with Gasteiger partial charge in [-0.25, -0.2) is 0 Å². The fraction of sp³-hybridized carbons (Fsp3) is 0.833. The third-order valence-corrected chi connectivity index (χ3v) is 1.16. The summed E-state index contributed by atoms with van der Waals surface area (Å²) in [7, 11) is 1.68. The predicted molar refractivity (Wildman–Crippen MR) is 38.5 cm³/mol. The largest absolute Gasteiger partial charge is 0.465 e. The minimum absolute atomic E-state index is 0.273. The summed E-state index contributed by atoms with van der Waals surface area (Å²) in [5.41, 5.74) is 5.25. The van der Waals surface area contributed by atoms with Crippen molar-refractivity contribution in [3.05, 3.63) is 0 Å². The number of nitrogens with one attached hydrogen (secondary N) is 1. The molecule has 0 spiro atoms. The van der Waals surface area contributed by atoms with E-state index in [9.17, 15) is 4.79 Å². The molecule has 0 aromatic heterocycles. The van der Waals surface area contributed by atoms with E-state index in [0.717, 1.165) is 0 Å². The Balaban J connectivity index is 3.65. The Morgan fingerprint density at radius 2 is 2.40 bits per heavy atom. The second-order valence-corrected chi connectivity index (χ2v) is 1.83. The summed E-state index contributed by atoms with van der Waals surface area (Å²) in [6.07, 6.45) is 0. The molecule has 1 atom stereocenters. The minimum Gasteiger partial charge on any atom is -0.465 e. The van der Waals surface area contributed by atoms with Crippen molar-refractivity contribution in [1.82, 2.24) is 5.32 Å². The fourth-order valence-corrected chi connectivity index (χ4v) is 0.575. The lowest BCUT2D eigenvalue weighted by Crippen LogP contribution is -2.41. The Morgan fingerprint density at radius 3 is 2.70 bits per heavy atom. The molecule has 4 heteroatoms. The molecule has 0 aromatic rings. The Bertz CT molecular complexity index is 102. The third kappa shape index (κ3) is 2.80. The molecule has 0 aromatic carbocycles. The lowest BCUT2D eigenvalue weighted by molar-refractivity contribution is -0.145. The van der Waals surface area contributed by atoms with Gasteiger partial charge in [0.2, 0.25) is 0 Å². The van der Waals surface area contributed by atoms with Gasteiger partial charge in [0.15, 0.2) is 0 Å². The molecule has 0 bridgehead atoms. The minimum atomic E-state index is -0.361. The van der Waals surface area contributed by atoms with Crippen molar-refractivity contribution >= 4 is 5.97 Å². The number of esters is 1. The summed E-state index contributed by atoms with van der Waals surface area (Å²) >= 11 is 0. The van der Waals surface area contributed by atoms with Gasteiger partial charge in [-0.05, 0) is 14.0 Å². The van der Waals surface area contributed by atoms with Crippen LogP contribution in [-0.4, -0.2) is 32.2 Å². The molecule has 0 aliphatic rings. The van der Waals surface area contributed by atoms with Crippen LogP contribution in [0.1, 0.15) is 6.92 Å². The van der Waals surface area contributed by atoms with Gasteiger partial charge in [0, 0.05) is 6.54 Å². The van der Waals surface area contributed by atoms with Crippen molar-refractivity contribution in [3.8, 4) is 0 Å². The van der Waals surface area contributed by atoms with Crippen LogP contribution in [0.15, 0.2) is 0 Å². The molecule has 0 saturated carbocycles. The number of hydrogen-bond donors (Lipinski definition) is 2. The average molecular weight is 146 g/mol. The Hall–Kier alpha value is -0.610. The Kier molecular flexibility index (Phi) is 4.88. The topological polar surface area (TPSA) is 64.3 Å². The van der Waals surface area contributed by atoms with Gasteiger partial charge in [-0.1, -0.05) is 0 Å². The monoisotopic (exact) mass is 146 g/mol. The first-order valence-corrected chi connectivity index (χ1v) is 3.30. The van der Waals surface area contributed by atoms with Crippen LogP contribution in [-0.2, 0) is 9.53 Å². The van der Waals surface area contributed by atoms with Crippen molar-refractivity contribution in [2.75, 3.05) is 20.2 Å². The summed E-state index contributed by atoms with van der Waals surface area (Å²) in [6.45, 7) is 2.44. The van der Waals surface area contributed by atoms with E-state index in [1.165, 1.54) is 0 Å². The first-order chi connectivity index (χ1) is 4.76. The van der Waals surface area contributed by atoms with Gasteiger partial charge in [0.25, 0.3) is 0 Å². The van der Waals surface area contributed by atoms with E-state index in [1.54, 1.807) is 14.0 Å². The van der Waals surface area contributed by atoms with E-state index in [0.29, 0.717) is 6.61 Å². The number of carbonyl (C=O) groups excluding carboxylic acids is 1. The van der Waals surface area contributed by atoms with Gasteiger partial charge in [-0.2, -0.15) is 0 Å². The van der Waals surface area contributed by atoms with Crippen molar-refractivity contribution in [2.45, 2.75) is 13.0 Å². The van der Waals surface area contributed by atoms with E-state index in [-0.39, 0.29) is 18.6 Å². The first kappa shape index (κ1) is 9.39. The van der Waals surface area contributed by atoms with E-state index in [1.807, 2.05) is 0 Å². The van der Waals surface area contributed by atoms with Crippen molar-refractivity contribution < 1.29 is 9.53 Å². The highest BCUT2D eigenvalue weighted by molar-refractivity contribution is 5.75. The maximum absolute atomic E-state index is 10.8. The number of carbonyl (C=O) groups is 1. The second-order valence-electron chi connectivity index (χ2n) is 1.83. The fourth-order valence-electron chi connectivity index (χ4n) is 0.575. The van der Waals surface area contributed by atoms with E-state index >= 15 is 0 Å². The predicted octanol–water partition coefficient (Wildman–Crippen LogP) is -0.904. The van der Waals surface area contributed by atoms with Gasteiger partial charge >= 0.3 is 5.97 Å². The quantitative estimate of drug-likeness (QED) is 0.504. The summed E-state index contributed by atoms with van der Waals surface area (Å²) in [6, 6.07) is -0.361. The maximum Gasteiger partial charge on any atom is 0.324 e. The molecule has 0 aliphatic carbocycles. The number of ether oxygens (including phenoxy) is 1. The van der Waals surface area contributed by atoms with Gasteiger partial charge in [-0.15, -0.1) is 0 Å². The van der Waals surface area contributed by atoms with E-state index < -0.39 is 0 Å². The molecule has 10 heavy (non-hydrogen) atoms. The molecule has 0 fully saturated rings. The zero-order chi connectivity index (χ0) is 7.98. The smallest absolute Gasteiger partial charge is 0.324 e. The molecular formula is C6H14N2O2. The summed E-state index contributed by atoms with van der Waals surface area (Å²) in [5, 5.41) is 2.74. The summed E-state index contributed by atoms with van der Waals surface area (Å²) in [4.78, 5) is 10.8. The van der Waals surface area contributed by atoms with Crippen LogP contribution in [0.2, 0.25) is 0 Å². The van der Waals surface area contributed by atoms with Crippen LogP contribution in [0.4, 0.5) is 0 Å². The summed E-state index contributed by atoms with van der Waals surface area (Å²) < 4.78 is 4.70. The zero-order valence-corrected chi connectivity index (χ0v) is 6.39. The average Bonchev–Trinajstić information content (AvgIpc) is 1.91. The van der Waals surface area contributed by atoms with Crippen LogP contribution in [0.5, 0.6) is 0 Å². The van der Waals surface area contributed by atoms with Gasteiger partial charge < -0.3 is 15.8 Å². The molecule has 0 aliphatic heterocycles. The highest BCUT2D eigenvalue weighted by atomic mass is 16.5. The molecule has 0 radical (unpaired) electrons. The third-order valence-electron chi connectivity index (χ3n) is 1.16. The maximum atomic E-state index is 10.8. The van der Waals surface area contributed by atoms with Gasteiger partial charge in [-0.3, -0.25) is 4.79 Å². The molecule has 0 saturated heterocycles. The Morgan fingerprint density at radius 1 is 1.80 bits per heavy atom. The number of nitrogens with two attached hydrogens (primary N) is 1. The zero-order valence-electron chi connectivity index (χ0n) is 6.39. The molecule has 0 rings (SSSR count). The summed E-state index contributed by atoms with van der Waals surface area (Å²) in [5.74, 6) is -0.285. The molecule has 4 nitrogen and oxygen atoms in total. The van der Waals surface area contributed by atoms with Crippen LogP contribution >= 0.6 is 0 Å². The van der Waals surface area contributed by atoms with Crippen LogP contribution < -0.4 is 11.1 Å². The van der Waals surface area contributed by atoms with Crippen molar-refractivity contribution in [1.29, 1.82) is 0 Å². The first-order valence-electron chi connectivity index (χ1n) is 3.30. The van der Waals surface area contributed by atoms with Crippen LogP contribution in [0, 0.1) is 0 Å². The lowest BCUT2D eigenvalue weighted by Gasteiger charge is -2.10. The molecule has 0 amide bonds.